The van der Waals surface area contributed by atoms with Crippen molar-refractivity contribution in [1.82, 2.24) is 19.9 Å². The van der Waals surface area contributed by atoms with Crippen molar-refractivity contribution in [3.05, 3.63) is 95.0 Å². The number of nitrogens with zero attached hydrogens (tertiary/aromatic N) is 3. The molecule has 3 heterocycles. The maximum atomic E-state index is 13.1. The molecule has 0 spiro atoms. The number of ether oxygens (including phenoxy) is 1. The zero-order valence-electron chi connectivity index (χ0n) is 19.3. The van der Waals surface area contributed by atoms with Crippen LogP contribution in [0.1, 0.15) is 21.6 Å². The first kappa shape index (κ1) is 25.2. The number of fused-ring (bicyclic) bond motifs is 1. The highest BCUT2D eigenvalue weighted by molar-refractivity contribution is 6.31. The fourth-order valence-electron chi connectivity index (χ4n) is 3.63. The van der Waals surface area contributed by atoms with Gasteiger partial charge in [-0.15, -0.1) is 0 Å². The van der Waals surface area contributed by atoms with Crippen molar-refractivity contribution in [3.63, 3.8) is 0 Å². The summed E-state index contributed by atoms with van der Waals surface area (Å²) in [5.41, 5.74) is 0.686. The standard InChI is InChI=1S/C26H17ClF3N5O3/c27-21-3-1-16(9-20(21)26(28,29)30)35-25(37)15-7-14-8-18(2-4-22(14)32-11-15)38-19-5-6-31-23(10-19)24-33-12-17(13-36)34-24/h1-12,36H,13H2,(H,33,34)(H,35,37). The van der Waals surface area contributed by atoms with Gasteiger partial charge in [-0.05, 0) is 48.5 Å². The number of hydrogen-bond acceptors (Lipinski definition) is 6. The van der Waals surface area contributed by atoms with Crippen molar-refractivity contribution in [2.75, 3.05) is 5.32 Å². The number of H-pyrrole nitrogens is 1. The van der Waals surface area contributed by atoms with Crippen molar-refractivity contribution >= 4 is 34.1 Å². The van der Waals surface area contributed by atoms with Crippen molar-refractivity contribution in [1.29, 1.82) is 0 Å². The van der Waals surface area contributed by atoms with Crippen LogP contribution in [0.3, 0.4) is 0 Å². The molecule has 0 fully saturated rings. The van der Waals surface area contributed by atoms with Crippen LogP contribution in [-0.2, 0) is 12.8 Å². The zero-order valence-corrected chi connectivity index (χ0v) is 20.0. The predicted molar refractivity (Wildman–Crippen MR) is 134 cm³/mol. The quantitative estimate of drug-likeness (QED) is 0.236. The molecule has 8 nitrogen and oxygen atoms in total. The van der Waals surface area contributed by atoms with Gasteiger partial charge in [-0.25, -0.2) is 4.98 Å². The van der Waals surface area contributed by atoms with Gasteiger partial charge < -0.3 is 20.1 Å². The second kappa shape index (κ2) is 10.1. The summed E-state index contributed by atoms with van der Waals surface area (Å²) >= 11 is 5.65. The minimum Gasteiger partial charge on any atom is -0.457 e. The molecule has 12 heteroatoms. The number of pyridine rings is 2. The lowest BCUT2D eigenvalue weighted by atomic mass is 10.1. The summed E-state index contributed by atoms with van der Waals surface area (Å²) in [7, 11) is 0. The third kappa shape index (κ3) is 5.43. The maximum absolute atomic E-state index is 13.1. The monoisotopic (exact) mass is 539 g/mol. The zero-order chi connectivity index (χ0) is 26.9. The van der Waals surface area contributed by atoms with E-state index in [0.717, 1.165) is 12.1 Å². The Hall–Kier alpha value is -4.48. The lowest BCUT2D eigenvalue weighted by Gasteiger charge is -2.12. The Bertz CT molecular complexity index is 1660. The Balaban J connectivity index is 1.36. The lowest BCUT2D eigenvalue weighted by molar-refractivity contribution is -0.137. The molecule has 1 amide bonds. The number of amides is 1. The Morgan fingerprint density at radius 3 is 2.58 bits per heavy atom. The fourth-order valence-corrected chi connectivity index (χ4v) is 3.86. The van der Waals surface area contributed by atoms with Crippen LogP contribution in [0.15, 0.2) is 73.2 Å². The molecule has 3 aromatic heterocycles. The number of imidazole rings is 1. The molecular weight excluding hydrogens is 523 g/mol. The van der Waals surface area contributed by atoms with E-state index in [-0.39, 0.29) is 17.9 Å². The van der Waals surface area contributed by atoms with Gasteiger partial charge in [0.15, 0.2) is 5.82 Å². The summed E-state index contributed by atoms with van der Waals surface area (Å²) in [4.78, 5) is 28.4. The van der Waals surface area contributed by atoms with Crippen LogP contribution in [0.2, 0.25) is 5.02 Å². The van der Waals surface area contributed by atoms with Crippen LogP contribution in [-0.4, -0.2) is 30.9 Å². The number of rotatable bonds is 6. The van der Waals surface area contributed by atoms with Gasteiger partial charge in [-0.2, -0.15) is 13.2 Å². The number of carbonyl (C=O) groups excluding carboxylic acids is 1. The largest absolute Gasteiger partial charge is 0.457 e. The predicted octanol–water partition coefficient (Wildman–Crippen LogP) is 6.23. The molecule has 0 aliphatic heterocycles. The average molecular weight is 540 g/mol. The highest BCUT2D eigenvalue weighted by atomic mass is 35.5. The van der Waals surface area contributed by atoms with E-state index in [9.17, 15) is 23.1 Å². The normalized spacial score (nSPS) is 11.5. The summed E-state index contributed by atoms with van der Waals surface area (Å²) in [5, 5.41) is 11.8. The third-order valence-electron chi connectivity index (χ3n) is 5.45. The van der Waals surface area contributed by atoms with E-state index in [1.807, 2.05) is 0 Å². The third-order valence-corrected chi connectivity index (χ3v) is 5.78. The van der Waals surface area contributed by atoms with Crippen molar-refractivity contribution in [3.8, 4) is 23.0 Å². The van der Waals surface area contributed by atoms with E-state index in [4.69, 9.17) is 16.3 Å². The lowest BCUT2D eigenvalue weighted by Crippen LogP contribution is -2.13. The van der Waals surface area contributed by atoms with E-state index in [1.54, 1.807) is 42.6 Å². The molecule has 192 valence electrons. The average Bonchev–Trinajstić information content (AvgIpc) is 3.38. The molecule has 0 aliphatic carbocycles. The first-order valence-corrected chi connectivity index (χ1v) is 11.4. The first-order chi connectivity index (χ1) is 18.2. The van der Waals surface area contributed by atoms with Gasteiger partial charge in [0.05, 0.1) is 40.2 Å². The molecule has 5 aromatic rings. The van der Waals surface area contributed by atoms with Crippen molar-refractivity contribution in [2.24, 2.45) is 0 Å². The number of carbonyl (C=O) groups is 1. The van der Waals surface area contributed by atoms with Gasteiger partial charge in [-0.1, -0.05) is 11.6 Å². The molecule has 3 N–H and O–H groups in total. The second-order valence-corrected chi connectivity index (χ2v) is 8.53. The molecule has 0 radical (unpaired) electrons. The second-order valence-electron chi connectivity index (χ2n) is 8.12. The van der Waals surface area contributed by atoms with Crippen LogP contribution in [0.25, 0.3) is 22.4 Å². The molecule has 0 atom stereocenters. The maximum Gasteiger partial charge on any atom is 0.417 e. The molecule has 2 aromatic carbocycles. The molecule has 0 unspecified atom stereocenters. The van der Waals surface area contributed by atoms with Gasteiger partial charge in [0, 0.05) is 29.5 Å². The number of anilines is 1. The van der Waals surface area contributed by atoms with Gasteiger partial charge in [0.25, 0.3) is 5.91 Å². The van der Waals surface area contributed by atoms with Gasteiger partial charge >= 0.3 is 6.18 Å². The van der Waals surface area contributed by atoms with E-state index >= 15 is 0 Å². The topological polar surface area (TPSA) is 113 Å². The number of aliphatic hydroxyl groups is 1. The fraction of sp³-hybridized carbons (Fsp3) is 0.0769. The highest BCUT2D eigenvalue weighted by Crippen LogP contribution is 2.36. The number of aromatic nitrogens is 4. The number of alkyl halides is 3. The Kier molecular flexibility index (Phi) is 6.70. The van der Waals surface area contributed by atoms with Crippen molar-refractivity contribution < 1.29 is 27.8 Å². The van der Waals surface area contributed by atoms with E-state index in [2.05, 4.69) is 25.3 Å². The Morgan fingerprint density at radius 1 is 1.00 bits per heavy atom. The van der Waals surface area contributed by atoms with Crippen LogP contribution in [0.4, 0.5) is 18.9 Å². The minimum atomic E-state index is -4.66. The number of aliphatic hydroxyl groups excluding tert-OH is 1. The van der Waals surface area contributed by atoms with Crippen LogP contribution >= 0.6 is 11.6 Å². The smallest absolute Gasteiger partial charge is 0.417 e. The van der Waals surface area contributed by atoms with Crippen LogP contribution in [0.5, 0.6) is 11.5 Å². The Labute approximate surface area is 218 Å². The van der Waals surface area contributed by atoms with Gasteiger partial charge in [0.2, 0.25) is 0 Å². The van der Waals surface area contributed by atoms with Crippen molar-refractivity contribution in [2.45, 2.75) is 12.8 Å². The molecule has 0 saturated carbocycles. The van der Waals surface area contributed by atoms with E-state index in [1.165, 1.54) is 18.5 Å². The number of nitrogens with one attached hydrogen (secondary N) is 2. The number of hydrogen-bond donors (Lipinski definition) is 3. The van der Waals surface area contributed by atoms with Crippen LogP contribution in [0, 0.1) is 0 Å². The SMILES string of the molecule is O=C(Nc1ccc(Cl)c(C(F)(F)F)c1)c1cnc2ccc(Oc3ccnc(-c4ncc(CO)[nH]4)c3)cc2c1. The highest BCUT2D eigenvalue weighted by Gasteiger charge is 2.33. The van der Waals surface area contributed by atoms with E-state index < -0.39 is 22.7 Å². The molecule has 5 rings (SSSR count). The summed E-state index contributed by atoms with van der Waals surface area (Å²) in [6.45, 7) is -0.178. The summed E-state index contributed by atoms with van der Waals surface area (Å²) in [6.07, 6.45) is -0.263. The molecule has 0 bridgehead atoms. The van der Waals surface area contributed by atoms with E-state index in [0.29, 0.717) is 39.6 Å². The summed E-state index contributed by atoms with van der Waals surface area (Å²) < 4.78 is 45.4. The Morgan fingerprint density at radius 2 is 1.82 bits per heavy atom. The first-order valence-electron chi connectivity index (χ1n) is 11.1. The molecular formula is C26H17ClF3N5O3. The molecule has 0 saturated heterocycles. The molecule has 38 heavy (non-hydrogen) atoms. The molecule has 0 aliphatic rings. The number of benzene rings is 2. The summed E-state index contributed by atoms with van der Waals surface area (Å²) in [6, 6.07) is 13.1. The number of halogens is 4. The number of aromatic amines is 1. The van der Waals surface area contributed by atoms with Gasteiger partial charge in [0.1, 0.15) is 17.2 Å². The van der Waals surface area contributed by atoms with Crippen LogP contribution < -0.4 is 10.1 Å². The van der Waals surface area contributed by atoms with Gasteiger partial charge in [-0.3, -0.25) is 14.8 Å². The summed E-state index contributed by atoms with van der Waals surface area (Å²) in [5.74, 6) is 0.764. The minimum absolute atomic E-state index is 0.0555.